The van der Waals surface area contributed by atoms with Crippen LogP contribution in [0.1, 0.15) is 19.4 Å². The number of halogens is 2. The van der Waals surface area contributed by atoms with Crippen LogP contribution in [-0.4, -0.2) is 12.5 Å². The van der Waals surface area contributed by atoms with Gasteiger partial charge < -0.3 is 5.32 Å². The van der Waals surface area contributed by atoms with Crippen LogP contribution >= 0.6 is 11.6 Å². The molecule has 0 unspecified atom stereocenters. The Morgan fingerprint density at radius 3 is 2.75 bits per heavy atom. The predicted molar refractivity (Wildman–Crippen MR) is 63.0 cm³/mol. The minimum absolute atomic E-state index is 0.0156. The van der Waals surface area contributed by atoms with E-state index < -0.39 is 5.82 Å². The highest BCUT2D eigenvalue weighted by Gasteiger charge is 2.11. The maximum absolute atomic E-state index is 13.3. The molecule has 0 bridgehead atoms. The third-order valence-corrected chi connectivity index (χ3v) is 2.46. The molecule has 0 spiro atoms. The van der Waals surface area contributed by atoms with Crippen molar-refractivity contribution in [2.24, 2.45) is 5.92 Å². The van der Waals surface area contributed by atoms with Gasteiger partial charge >= 0.3 is 0 Å². The van der Waals surface area contributed by atoms with Crippen LogP contribution in [0.3, 0.4) is 0 Å². The molecule has 4 heteroatoms. The van der Waals surface area contributed by atoms with E-state index in [1.807, 2.05) is 13.8 Å². The fourth-order valence-electron chi connectivity index (χ4n) is 1.24. The molecule has 0 atom stereocenters. The van der Waals surface area contributed by atoms with Crippen LogP contribution in [0.4, 0.5) is 4.39 Å². The van der Waals surface area contributed by atoms with Crippen molar-refractivity contribution < 1.29 is 9.18 Å². The Bertz CT molecular complexity index is 359. The number of hydrogen-bond donors (Lipinski definition) is 1. The van der Waals surface area contributed by atoms with E-state index >= 15 is 0 Å². The van der Waals surface area contributed by atoms with Gasteiger partial charge in [0.15, 0.2) is 0 Å². The molecule has 2 nitrogen and oxygen atoms in total. The number of carbonyl (C=O) groups is 1. The molecule has 0 aliphatic heterocycles. The summed E-state index contributed by atoms with van der Waals surface area (Å²) in [7, 11) is 0. The molecular weight excluding hydrogens is 229 g/mol. The number of benzene rings is 1. The summed E-state index contributed by atoms with van der Waals surface area (Å²) in [5, 5.41) is 3.01. The average Bonchev–Trinajstić information content (AvgIpc) is 2.21. The molecule has 0 saturated heterocycles. The Morgan fingerprint density at radius 2 is 2.19 bits per heavy atom. The summed E-state index contributed by atoms with van der Waals surface area (Å²) in [5.74, 6) is -0.270. The molecule has 1 amide bonds. The first-order valence-electron chi connectivity index (χ1n) is 5.20. The molecule has 16 heavy (non-hydrogen) atoms. The summed E-state index contributed by atoms with van der Waals surface area (Å²) < 4.78 is 13.3. The molecule has 0 radical (unpaired) electrons. The fraction of sp³-hybridized carbons (Fsp3) is 0.417. The lowest BCUT2D eigenvalue weighted by atomic mass is 10.1. The van der Waals surface area contributed by atoms with Crippen molar-refractivity contribution in [2.75, 3.05) is 6.54 Å². The number of hydrogen-bond acceptors (Lipinski definition) is 1. The summed E-state index contributed by atoms with van der Waals surface area (Å²) in [6.45, 7) is 4.58. The van der Waals surface area contributed by atoms with E-state index in [0.717, 1.165) is 0 Å². The standard InChI is InChI=1S/C12H15ClFNO/c1-8(2)7-15-12(16)6-9-10(13)4-3-5-11(9)14/h3-5,8H,6-7H2,1-2H3,(H,15,16). The lowest BCUT2D eigenvalue weighted by Crippen LogP contribution is -2.29. The van der Waals surface area contributed by atoms with E-state index in [1.54, 1.807) is 6.07 Å². The topological polar surface area (TPSA) is 29.1 Å². The Balaban J connectivity index is 2.63. The third kappa shape index (κ3) is 3.81. The van der Waals surface area contributed by atoms with Crippen LogP contribution in [0.25, 0.3) is 0 Å². The van der Waals surface area contributed by atoms with Crippen molar-refractivity contribution in [1.82, 2.24) is 5.32 Å². The van der Waals surface area contributed by atoms with Gasteiger partial charge in [-0.15, -0.1) is 0 Å². The second-order valence-corrected chi connectivity index (χ2v) is 4.48. The highest BCUT2D eigenvalue weighted by Crippen LogP contribution is 2.19. The first-order chi connectivity index (χ1) is 7.50. The third-order valence-electron chi connectivity index (χ3n) is 2.11. The Morgan fingerprint density at radius 1 is 1.50 bits per heavy atom. The van der Waals surface area contributed by atoms with Crippen molar-refractivity contribution in [3.05, 3.63) is 34.6 Å². The van der Waals surface area contributed by atoms with Crippen LogP contribution in [0.2, 0.25) is 5.02 Å². The first kappa shape index (κ1) is 13.0. The quantitative estimate of drug-likeness (QED) is 0.866. The zero-order valence-corrected chi connectivity index (χ0v) is 10.1. The van der Waals surface area contributed by atoms with Gasteiger partial charge in [0.2, 0.25) is 5.91 Å². The summed E-state index contributed by atoms with van der Waals surface area (Å²) >= 11 is 5.82. The van der Waals surface area contributed by atoms with Crippen LogP contribution in [0, 0.1) is 11.7 Å². The number of amides is 1. The Labute approximate surface area is 99.8 Å². The number of nitrogens with one attached hydrogen (secondary N) is 1. The lowest BCUT2D eigenvalue weighted by molar-refractivity contribution is -0.120. The van der Waals surface area contributed by atoms with Gasteiger partial charge in [-0.3, -0.25) is 4.79 Å². The van der Waals surface area contributed by atoms with Crippen molar-refractivity contribution in [2.45, 2.75) is 20.3 Å². The SMILES string of the molecule is CC(C)CNC(=O)Cc1c(F)cccc1Cl. The molecule has 0 fully saturated rings. The van der Waals surface area contributed by atoms with Gasteiger partial charge in [-0.1, -0.05) is 31.5 Å². The van der Waals surface area contributed by atoms with Crippen LogP contribution in [-0.2, 0) is 11.2 Å². The van der Waals surface area contributed by atoms with E-state index in [9.17, 15) is 9.18 Å². The largest absolute Gasteiger partial charge is 0.356 e. The average molecular weight is 244 g/mol. The molecule has 1 rings (SSSR count). The molecule has 0 aliphatic carbocycles. The minimum Gasteiger partial charge on any atom is -0.356 e. The second kappa shape index (κ2) is 5.85. The molecular formula is C12H15ClFNO. The van der Waals surface area contributed by atoms with E-state index in [0.29, 0.717) is 17.5 Å². The molecule has 88 valence electrons. The van der Waals surface area contributed by atoms with Crippen LogP contribution < -0.4 is 5.32 Å². The summed E-state index contributed by atoms with van der Waals surface area (Å²) in [5.41, 5.74) is 0.255. The lowest BCUT2D eigenvalue weighted by Gasteiger charge is -2.09. The molecule has 0 heterocycles. The summed E-state index contributed by atoms with van der Waals surface area (Å²) in [4.78, 5) is 11.5. The molecule has 1 N–H and O–H groups in total. The summed E-state index contributed by atoms with van der Waals surface area (Å²) in [6.07, 6.45) is -0.0156. The van der Waals surface area contributed by atoms with Crippen molar-refractivity contribution in [3.8, 4) is 0 Å². The summed E-state index contributed by atoms with van der Waals surface area (Å²) in [6, 6.07) is 4.40. The van der Waals surface area contributed by atoms with Gasteiger partial charge in [0.1, 0.15) is 5.82 Å². The highest BCUT2D eigenvalue weighted by molar-refractivity contribution is 6.31. The van der Waals surface area contributed by atoms with Gasteiger partial charge in [0.25, 0.3) is 0 Å². The van der Waals surface area contributed by atoms with Gasteiger partial charge in [-0.05, 0) is 18.1 Å². The maximum Gasteiger partial charge on any atom is 0.224 e. The van der Waals surface area contributed by atoms with Gasteiger partial charge in [0.05, 0.1) is 6.42 Å². The van der Waals surface area contributed by atoms with Crippen molar-refractivity contribution in [1.29, 1.82) is 0 Å². The van der Waals surface area contributed by atoms with Crippen LogP contribution in [0.15, 0.2) is 18.2 Å². The zero-order valence-electron chi connectivity index (χ0n) is 9.39. The smallest absolute Gasteiger partial charge is 0.224 e. The number of rotatable bonds is 4. The zero-order chi connectivity index (χ0) is 12.1. The molecule has 0 aliphatic rings. The molecule has 1 aromatic rings. The minimum atomic E-state index is -0.438. The van der Waals surface area contributed by atoms with Gasteiger partial charge in [0, 0.05) is 17.1 Å². The van der Waals surface area contributed by atoms with E-state index in [4.69, 9.17) is 11.6 Å². The normalized spacial score (nSPS) is 10.6. The molecule has 1 aromatic carbocycles. The Kier molecular flexibility index (Phi) is 4.74. The van der Waals surface area contributed by atoms with E-state index in [1.165, 1.54) is 12.1 Å². The van der Waals surface area contributed by atoms with Crippen molar-refractivity contribution in [3.63, 3.8) is 0 Å². The Hall–Kier alpha value is -1.09. The van der Waals surface area contributed by atoms with Gasteiger partial charge in [-0.25, -0.2) is 4.39 Å². The monoisotopic (exact) mass is 243 g/mol. The first-order valence-corrected chi connectivity index (χ1v) is 5.58. The van der Waals surface area contributed by atoms with E-state index in [2.05, 4.69) is 5.32 Å². The molecule has 0 saturated carbocycles. The van der Waals surface area contributed by atoms with E-state index in [-0.39, 0.29) is 17.9 Å². The highest BCUT2D eigenvalue weighted by atomic mass is 35.5. The van der Waals surface area contributed by atoms with Crippen LogP contribution in [0.5, 0.6) is 0 Å². The second-order valence-electron chi connectivity index (χ2n) is 4.07. The number of carbonyl (C=O) groups excluding carboxylic acids is 1. The van der Waals surface area contributed by atoms with Crippen molar-refractivity contribution >= 4 is 17.5 Å². The predicted octanol–water partition coefficient (Wildman–Crippen LogP) is 2.79. The maximum atomic E-state index is 13.3. The fourth-order valence-corrected chi connectivity index (χ4v) is 1.47. The molecule has 0 aromatic heterocycles. The van der Waals surface area contributed by atoms with Gasteiger partial charge in [-0.2, -0.15) is 0 Å².